The standard InChI is InChI=1S/C17H19BrN4/c1-4-22(5-2)13-8-6-12(7-9-13)16-20-15-10-14(18)11(3)19-17(15)21-16/h6-10H,4-5H2,1-3H3,(H,19,20,21). The third-order valence-corrected chi connectivity index (χ3v) is 4.67. The lowest BCUT2D eigenvalue weighted by Crippen LogP contribution is -2.21. The lowest BCUT2D eigenvalue weighted by Gasteiger charge is -2.20. The summed E-state index contributed by atoms with van der Waals surface area (Å²) in [7, 11) is 0. The van der Waals surface area contributed by atoms with Crippen LogP contribution in [-0.4, -0.2) is 28.0 Å². The molecule has 4 nitrogen and oxygen atoms in total. The van der Waals surface area contributed by atoms with Crippen LogP contribution in [0.2, 0.25) is 0 Å². The Kier molecular flexibility index (Phi) is 4.16. The Balaban J connectivity index is 1.97. The molecule has 5 heteroatoms. The average Bonchev–Trinajstić information content (AvgIpc) is 2.92. The molecule has 2 heterocycles. The summed E-state index contributed by atoms with van der Waals surface area (Å²) >= 11 is 3.51. The van der Waals surface area contributed by atoms with Crippen LogP contribution in [0.25, 0.3) is 22.6 Å². The molecule has 1 aromatic carbocycles. The Morgan fingerprint density at radius 2 is 1.77 bits per heavy atom. The number of benzene rings is 1. The Labute approximate surface area is 138 Å². The van der Waals surface area contributed by atoms with Crippen molar-refractivity contribution in [3.63, 3.8) is 0 Å². The number of hydrogen-bond donors (Lipinski definition) is 1. The van der Waals surface area contributed by atoms with E-state index in [1.54, 1.807) is 0 Å². The van der Waals surface area contributed by atoms with Crippen LogP contribution < -0.4 is 4.90 Å². The molecule has 0 aliphatic heterocycles. The van der Waals surface area contributed by atoms with E-state index in [0.717, 1.165) is 45.8 Å². The van der Waals surface area contributed by atoms with Crippen molar-refractivity contribution in [2.24, 2.45) is 0 Å². The van der Waals surface area contributed by atoms with Crippen LogP contribution in [0.1, 0.15) is 19.5 Å². The fraction of sp³-hybridized carbons (Fsp3) is 0.294. The van der Waals surface area contributed by atoms with Gasteiger partial charge in [0.2, 0.25) is 0 Å². The molecule has 114 valence electrons. The van der Waals surface area contributed by atoms with E-state index in [9.17, 15) is 0 Å². The minimum atomic E-state index is 0.753. The highest BCUT2D eigenvalue weighted by Crippen LogP contribution is 2.25. The number of rotatable bonds is 4. The predicted molar refractivity (Wildman–Crippen MR) is 95.3 cm³/mol. The number of pyridine rings is 1. The number of halogens is 1. The van der Waals surface area contributed by atoms with Crippen LogP contribution in [0.4, 0.5) is 5.69 Å². The molecule has 0 unspecified atom stereocenters. The summed E-state index contributed by atoms with van der Waals surface area (Å²) in [6.07, 6.45) is 0. The van der Waals surface area contributed by atoms with Crippen LogP contribution in [0.15, 0.2) is 34.8 Å². The van der Waals surface area contributed by atoms with E-state index < -0.39 is 0 Å². The summed E-state index contributed by atoms with van der Waals surface area (Å²) in [5.41, 5.74) is 4.95. The highest BCUT2D eigenvalue weighted by molar-refractivity contribution is 9.10. The molecule has 3 rings (SSSR count). The summed E-state index contributed by atoms with van der Waals surface area (Å²) < 4.78 is 0.993. The number of nitrogens with one attached hydrogen (secondary N) is 1. The van der Waals surface area contributed by atoms with E-state index in [4.69, 9.17) is 0 Å². The summed E-state index contributed by atoms with van der Waals surface area (Å²) in [5, 5.41) is 0. The summed E-state index contributed by atoms with van der Waals surface area (Å²) in [5.74, 6) is 0.853. The third-order valence-electron chi connectivity index (χ3n) is 3.87. The number of fused-ring (bicyclic) bond motifs is 1. The van der Waals surface area contributed by atoms with Crippen molar-refractivity contribution in [3.05, 3.63) is 40.5 Å². The van der Waals surface area contributed by atoms with Gasteiger partial charge in [0.05, 0.1) is 11.2 Å². The first-order chi connectivity index (χ1) is 10.6. The second kappa shape index (κ2) is 6.08. The van der Waals surface area contributed by atoms with Gasteiger partial charge in [0.25, 0.3) is 0 Å². The molecular weight excluding hydrogens is 340 g/mol. The molecule has 1 N–H and O–H groups in total. The summed E-state index contributed by atoms with van der Waals surface area (Å²) in [6, 6.07) is 10.5. The second-order valence-electron chi connectivity index (χ2n) is 5.23. The van der Waals surface area contributed by atoms with Crippen LogP contribution in [-0.2, 0) is 0 Å². The molecule has 0 bridgehead atoms. The largest absolute Gasteiger partial charge is 0.372 e. The van der Waals surface area contributed by atoms with Gasteiger partial charge in [0.1, 0.15) is 5.82 Å². The smallest absolute Gasteiger partial charge is 0.178 e. The van der Waals surface area contributed by atoms with E-state index in [0.29, 0.717) is 0 Å². The van der Waals surface area contributed by atoms with Crippen LogP contribution >= 0.6 is 15.9 Å². The minimum absolute atomic E-state index is 0.753. The van der Waals surface area contributed by atoms with Gasteiger partial charge in [0.15, 0.2) is 5.65 Å². The highest BCUT2D eigenvalue weighted by atomic mass is 79.9. The van der Waals surface area contributed by atoms with Gasteiger partial charge in [-0.1, -0.05) is 0 Å². The first kappa shape index (κ1) is 15.0. The molecule has 0 spiro atoms. The summed E-state index contributed by atoms with van der Waals surface area (Å²) in [6.45, 7) is 8.33. The van der Waals surface area contributed by atoms with Crippen molar-refractivity contribution in [3.8, 4) is 11.4 Å². The first-order valence-corrected chi connectivity index (χ1v) is 8.30. The Hall–Kier alpha value is -1.88. The van der Waals surface area contributed by atoms with Crippen molar-refractivity contribution in [2.75, 3.05) is 18.0 Å². The Bertz CT molecular complexity index is 749. The van der Waals surface area contributed by atoms with Crippen LogP contribution in [0, 0.1) is 6.92 Å². The van der Waals surface area contributed by atoms with Gasteiger partial charge in [-0.2, -0.15) is 0 Å². The van der Waals surface area contributed by atoms with Crippen molar-refractivity contribution in [1.29, 1.82) is 0 Å². The van der Waals surface area contributed by atoms with Gasteiger partial charge >= 0.3 is 0 Å². The molecule has 0 radical (unpaired) electrons. The number of aromatic nitrogens is 3. The van der Waals surface area contributed by atoms with Crippen molar-refractivity contribution < 1.29 is 0 Å². The lowest BCUT2D eigenvalue weighted by atomic mass is 10.2. The van der Waals surface area contributed by atoms with E-state index in [1.807, 2.05) is 13.0 Å². The molecule has 0 atom stereocenters. The normalized spacial score (nSPS) is 11.1. The molecule has 0 saturated heterocycles. The Morgan fingerprint density at radius 1 is 1.09 bits per heavy atom. The topological polar surface area (TPSA) is 44.8 Å². The molecule has 0 fully saturated rings. The monoisotopic (exact) mass is 358 g/mol. The molecule has 22 heavy (non-hydrogen) atoms. The summed E-state index contributed by atoms with van der Waals surface area (Å²) in [4.78, 5) is 14.8. The van der Waals surface area contributed by atoms with Crippen LogP contribution in [0.5, 0.6) is 0 Å². The molecule has 3 aromatic rings. The van der Waals surface area contributed by atoms with E-state index in [2.05, 4.69) is 73.9 Å². The molecule has 2 aromatic heterocycles. The maximum Gasteiger partial charge on any atom is 0.178 e. The zero-order valence-electron chi connectivity index (χ0n) is 13.0. The van der Waals surface area contributed by atoms with E-state index in [1.165, 1.54) is 5.69 Å². The van der Waals surface area contributed by atoms with Gasteiger partial charge < -0.3 is 9.88 Å². The number of imidazole rings is 1. The van der Waals surface area contributed by atoms with E-state index >= 15 is 0 Å². The van der Waals surface area contributed by atoms with Gasteiger partial charge in [0, 0.05) is 28.8 Å². The third kappa shape index (κ3) is 2.73. The number of hydrogen-bond acceptors (Lipinski definition) is 3. The minimum Gasteiger partial charge on any atom is -0.372 e. The molecule has 0 amide bonds. The van der Waals surface area contributed by atoms with Gasteiger partial charge in [-0.3, -0.25) is 0 Å². The maximum absolute atomic E-state index is 4.60. The van der Waals surface area contributed by atoms with E-state index in [-0.39, 0.29) is 0 Å². The van der Waals surface area contributed by atoms with Crippen molar-refractivity contribution >= 4 is 32.8 Å². The zero-order valence-corrected chi connectivity index (χ0v) is 14.6. The van der Waals surface area contributed by atoms with Crippen LogP contribution in [0.3, 0.4) is 0 Å². The molecule has 0 aliphatic carbocycles. The Morgan fingerprint density at radius 3 is 2.41 bits per heavy atom. The quantitative estimate of drug-likeness (QED) is 0.744. The van der Waals surface area contributed by atoms with Gasteiger partial charge in [-0.05, 0) is 67.0 Å². The number of H-pyrrole nitrogens is 1. The maximum atomic E-state index is 4.60. The number of aryl methyl sites for hydroxylation is 1. The molecule has 0 saturated carbocycles. The fourth-order valence-electron chi connectivity index (χ4n) is 2.56. The zero-order chi connectivity index (χ0) is 15.7. The lowest BCUT2D eigenvalue weighted by molar-refractivity contribution is 0.866. The first-order valence-electron chi connectivity index (χ1n) is 7.50. The predicted octanol–water partition coefficient (Wildman–Crippen LogP) is 4.54. The molecular formula is C17H19BrN4. The fourth-order valence-corrected chi connectivity index (χ4v) is 2.88. The number of aromatic amines is 1. The van der Waals surface area contributed by atoms with Gasteiger partial charge in [-0.15, -0.1) is 0 Å². The second-order valence-corrected chi connectivity index (χ2v) is 6.09. The molecule has 0 aliphatic rings. The average molecular weight is 359 g/mol. The van der Waals surface area contributed by atoms with Gasteiger partial charge in [-0.25, -0.2) is 9.97 Å². The number of anilines is 1. The number of nitrogens with zero attached hydrogens (tertiary/aromatic N) is 3. The SMILES string of the molecule is CCN(CC)c1ccc(-c2nc3nc(C)c(Br)cc3[nH]2)cc1. The van der Waals surface area contributed by atoms with Crippen molar-refractivity contribution in [1.82, 2.24) is 15.0 Å². The van der Waals surface area contributed by atoms with Crippen molar-refractivity contribution in [2.45, 2.75) is 20.8 Å². The highest BCUT2D eigenvalue weighted by Gasteiger charge is 2.09.